The summed E-state index contributed by atoms with van der Waals surface area (Å²) in [5.74, 6) is 2.76. The van der Waals surface area contributed by atoms with Crippen LogP contribution in [0.25, 0.3) is 0 Å². The van der Waals surface area contributed by atoms with Crippen molar-refractivity contribution in [2.45, 2.75) is 40.3 Å². The van der Waals surface area contributed by atoms with Crippen molar-refractivity contribution in [1.82, 2.24) is 20.4 Å². The zero-order valence-corrected chi connectivity index (χ0v) is 18.3. The number of guanidine groups is 1. The van der Waals surface area contributed by atoms with E-state index < -0.39 is 0 Å². The number of ether oxygens (including phenoxy) is 3. The monoisotopic (exact) mass is 403 g/mol. The van der Waals surface area contributed by atoms with Crippen LogP contribution in [0.5, 0.6) is 17.2 Å². The molecule has 2 rings (SSSR count). The first-order valence-corrected chi connectivity index (χ1v) is 9.84. The summed E-state index contributed by atoms with van der Waals surface area (Å²) in [6.07, 6.45) is 0.950. The maximum Gasteiger partial charge on any atom is 0.191 e. The van der Waals surface area contributed by atoms with Crippen LogP contribution in [0.1, 0.15) is 30.3 Å². The van der Waals surface area contributed by atoms with Crippen LogP contribution in [0.2, 0.25) is 0 Å². The average Bonchev–Trinajstić information content (AvgIpc) is 3.05. The summed E-state index contributed by atoms with van der Waals surface area (Å²) in [6, 6.07) is 5.81. The molecule has 2 aromatic rings. The minimum absolute atomic E-state index is 0.455. The van der Waals surface area contributed by atoms with Gasteiger partial charge in [0, 0.05) is 37.0 Å². The molecule has 29 heavy (non-hydrogen) atoms. The molecule has 1 aromatic heterocycles. The molecule has 0 amide bonds. The van der Waals surface area contributed by atoms with E-state index in [9.17, 15) is 0 Å². The van der Waals surface area contributed by atoms with E-state index in [2.05, 4.69) is 33.7 Å². The van der Waals surface area contributed by atoms with Gasteiger partial charge in [-0.05, 0) is 39.3 Å². The SMILES string of the molecule is CCNC(=NCc1cc(OC)c(OC)cc1OC)NCCCn1nc(C)cc1C. The van der Waals surface area contributed by atoms with Gasteiger partial charge in [-0.2, -0.15) is 5.10 Å². The second-order valence-electron chi connectivity index (χ2n) is 6.64. The fraction of sp³-hybridized carbons (Fsp3) is 0.524. The molecule has 0 bridgehead atoms. The zero-order chi connectivity index (χ0) is 21.2. The lowest BCUT2D eigenvalue weighted by atomic mass is 10.1. The number of nitrogens with zero attached hydrogens (tertiary/aromatic N) is 3. The molecule has 0 saturated heterocycles. The predicted molar refractivity (Wildman–Crippen MR) is 115 cm³/mol. The van der Waals surface area contributed by atoms with Crippen LogP contribution in [0.15, 0.2) is 23.2 Å². The highest BCUT2D eigenvalue weighted by Gasteiger charge is 2.12. The highest BCUT2D eigenvalue weighted by Crippen LogP contribution is 2.34. The molecule has 1 aromatic carbocycles. The van der Waals surface area contributed by atoms with Gasteiger partial charge in [0.15, 0.2) is 17.5 Å². The molecule has 0 fully saturated rings. The van der Waals surface area contributed by atoms with E-state index >= 15 is 0 Å². The van der Waals surface area contributed by atoms with Crippen LogP contribution in [-0.4, -0.2) is 50.2 Å². The number of hydrogen-bond acceptors (Lipinski definition) is 5. The fourth-order valence-electron chi connectivity index (χ4n) is 3.06. The van der Waals surface area contributed by atoms with Crippen molar-refractivity contribution in [2.75, 3.05) is 34.4 Å². The Labute approximate surface area is 173 Å². The summed E-state index contributed by atoms with van der Waals surface area (Å²) < 4.78 is 18.3. The maximum atomic E-state index is 5.48. The summed E-state index contributed by atoms with van der Waals surface area (Å²) in [6.45, 7) is 9.05. The fourth-order valence-corrected chi connectivity index (χ4v) is 3.06. The molecule has 0 radical (unpaired) electrons. The largest absolute Gasteiger partial charge is 0.496 e. The summed E-state index contributed by atoms with van der Waals surface area (Å²) >= 11 is 0. The normalized spacial score (nSPS) is 11.3. The third kappa shape index (κ3) is 6.30. The highest BCUT2D eigenvalue weighted by molar-refractivity contribution is 5.79. The third-order valence-corrected chi connectivity index (χ3v) is 4.48. The number of aromatic nitrogens is 2. The number of methoxy groups -OCH3 is 3. The second kappa shape index (κ2) is 11.2. The molecule has 0 aliphatic carbocycles. The number of hydrogen-bond donors (Lipinski definition) is 2. The zero-order valence-electron chi connectivity index (χ0n) is 18.3. The molecular weight excluding hydrogens is 370 g/mol. The van der Waals surface area contributed by atoms with Crippen LogP contribution >= 0.6 is 0 Å². The molecule has 8 nitrogen and oxygen atoms in total. The Hall–Kier alpha value is -2.90. The van der Waals surface area contributed by atoms with Crippen molar-refractivity contribution in [1.29, 1.82) is 0 Å². The van der Waals surface area contributed by atoms with Crippen molar-refractivity contribution in [3.63, 3.8) is 0 Å². The number of aliphatic imine (C=N–C) groups is 1. The Morgan fingerprint density at radius 3 is 2.28 bits per heavy atom. The van der Waals surface area contributed by atoms with Gasteiger partial charge in [0.25, 0.3) is 0 Å². The third-order valence-electron chi connectivity index (χ3n) is 4.48. The molecule has 8 heteroatoms. The van der Waals surface area contributed by atoms with Gasteiger partial charge in [0.1, 0.15) is 5.75 Å². The van der Waals surface area contributed by atoms with Crippen molar-refractivity contribution < 1.29 is 14.2 Å². The second-order valence-corrected chi connectivity index (χ2v) is 6.64. The highest BCUT2D eigenvalue weighted by atomic mass is 16.5. The minimum Gasteiger partial charge on any atom is -0.496 e. The van der Waals surface area contributed by atoms with Gasteiger partial charge in [0.2, 0.25) is 0 Å². The predicted octanol–water partition coefficient (Wildman–Crippen LogP) is 2.67. The molecule has 0 spiro atoms. The molecule has 0 saturated carbocycles. The summed E-state index contributed by atoms with van der Waals surface area (Å²) in [5, 5.41) is 11.1. The Morgan fingerprint density at radius 1 is 1.00 bits per heavy atom. The molecule has 0 unspecified atom stereocenters. The first kappa shape index (κ1) is 22.4. The molecule has 2 N–H and O–H groups in total. The molecule has 0 aliphatic heterocycles. The van der Waals surface area contributed by atoms with Gasteiger partial charge in [-0.15, -0.1) is 0 Å². The van der Waals surface area contributed by atoms with E-state index in [1.807, 2.05) is 30.7 Å². The van der Waals surface area contributed by atoms with Gasteiger partial charge < -0.3 is 24.8 Å². The van der Waals surface area contributed by atoms with E-state index in [0.29, 0.717) is 23.8 Å². The smallest absolute Gasteiger partial charge is 0.191 e. The van der Waals surface area contributed by atoms with Crippen LogP contribution in [0.4, 0.5) is 0 Å². The number of aryl methyl sites for hydroxylation is 3. The standard InChI is InChI=1S/C21H33N5O3/c1-7-22-21(23-9-8-10-26-16(3)11-15(2)25-26)24-14-17-12-19(28-5)20(29-6)13-18(17)27-4/h11-13H,7-10,14H2,1-6H3,(H2,22,23,24). The van der Waals surface area contributed by atoms with Crippen molar-refractivity contribution >= 4 is 5.96 Å². The van der Waals surface area contributed by atoms with E-state index in [4.69, 9.17) is 14.2 Å². The Balaban J connectivity index is 2.00. The van der Waals surface area contributed by atoms with Crippen LogP contribution < -0.4 is 24.8 Å². The number of nitrogens with one attached hydrogen (secondary N) is 2. The average molecular weight is 404 g/mol. The van der Waals surface area contributed by atoms with Crippen molar-refractivity contribution in [2.24, 2.45) is 4.99 Å². The Morgan fingerprint density at radius 2 is 1.69 bits per heavy atom. The first-order valence-electron chi connectivity index (χ1n) is 9.84. The lowest BCUT2D eigenvalue weighted by molar-refractivity contribution is 0.347. The van der Waals surface area contributed by atoms with Gasteiger partial charge in [-0.1, -0.05) is 0 Å². The molecule has 0 aliphatic rings. The van der Waals surface area contributed by atoms with Gasteiger partial charge in [-0.25, -0.2) is 4.99 Å². The number of rotatable bonds is 10. The van der Waals surface area contributed by atoms with Crippen LogP contribution in [0, 0.1) is 13.8 Å². The van der Waals surface area contributed by atoms with Crippen molar-refractivity contribution in [3.05, 3.63) is 35.2 Å². The minimum atomic E-state index is 0.455. The summed E-state index contributed by atoms with van der Waals surface area (Å²) in [7, 11) is 4.86. The number of benzene rings is 1. The molecule has 0 atom stereocenters. The lowest BCUT2D eigenvalue weighted by Crippen LogP contribution is -2.38. The Bertz CT molecular complexity index is 817. The van der Waals surface area contributed by atoms with Gasteiger partial charge in [0.05, 0.1) is 33.6 Å². The van der Waals surface area contributed by atoms with E-state index in [0.717, 1.165) is 43.3 Å². The quantitative estimate of drug-likeness (QED) is 0.361. The Kier molecular flexibility index (Phi) is 8.64. The summed E-state index contributed by atoms with van der Waals surface area (Å²) in [5.41, 5.74) is 3.16. The van der Waals surface area contributed by atoms with Crippen LogP contribution in [-0.2, 0) is 13.1 Å². The van der Waals surface area contributed by atoms with Crippen LogP contribution in [0.3, 0.4) is 0 Å². The van der Waals surface area contributed by atoms with Gasteiger partial charge in [-0.3, -0.25) is 4.68 Å². The van der Waals surface area contributed by atoms with Crippen molar-refractivity contribution in [3.8, 4) is 17.2 Å². The molecule has 1 heterocycles. The molecular formula is C21H33N5O3. The topological polar surface area (TPSA) is 81.9 Å². The van der Waals surface area contributed by atoms with E-state index in [1.54, 1.807) is 21.3 Å². The van der Waals surface area contributed by atoms with Gasteiger partial charge >= 0.3 is 0 Å². The lowest BCUT2D eigenvalue weighted by Gasteiger charge is -2.14. The maximum absolute atomic E-state index is 5.48. The molecule has 160 valence electrons. The van der Waals surface area contributed by atoms with E-state index in [-0.39, 0.29) is 0 Å². The van der Waals surface area contributed by atoms with E-state index in [1.165, 1.54) is 5.69 Å². The summed E-state index contributed by atoms with van der Waals surface area (Å²) in [4.78, 5) is 4.69. The first-order chi connectivity index (χ1) is 14.0.